The summed E-state index contributed by atoms with van der Waals surface area (Å²) in [5.41, 5.74) is 0.212. The standard InChI is InChI=1S/C26H45ClN4O5Si/c1-10-34-23(32)20-14-13-19(17-31(20)24(33)36-25(2,3)4)28-21-16-18(22(27)30-29-21)12-11-15-35-37(8,9)26(5,6)7/h16,19-20H,10-15,17H2,1-9H3,(H,28,29)/t19-,20+/m0/s1. The smallest absolute Gasteiger partial charge is 0.411 e. The molecule has 1 aromatic rings. The van der Waals surface area contributed by atoms with Gasteiger partial charge in [-0.15, -0.1) is 10.2 Å². The number of hydrogen-bond donors (Lipinski definition) is 1. The minimum Gasteiger partial charge on any atom is -0.464 e. The van der Waals surface area contributed by atoms with E-state index in [4.69, 9.17) is 25.5 Å². The van der Waals surface area contributed by atoms with E-state index in [-0.39, 0.29) is 24.2 Å². The van der Waals surface area contributed by atoms with E-state index in [0.717, 1.165) is 18.4 Å². The molecule has 1 aromatic heterocycles. The highest BCUT2D eigenvalue weighted by molar-refractivity contribution is 6.74. The number of nitrogens with zero attached hydrogens (tertiary/aromatic N) is 3. The number of nitrogens with one attached hydrogen (secondary N) is 1. The van der Waals surface area contributed by atoms with E-state index < -0.39 is 32.0 Å². The molecule has 9 nitrogen and oxygen atoms in total. The number of ether oxygens (including phenoxy) is 2. The average Bonchev–Trinajstić information content (AvgIpc) is 2.77. The predicted molar refractivity (Wildman–Crippen MR) is 149 cm³/mol. The third kappa shape index (κ3) is 9.40. The molecular formula is C26H45ClN4O5Si. The van der Waals surface area contributed by atoms with Crippen molar-refractivity contribution < 1.29 is 23.5 Å². The summed E-state index contributed by atoms with van der Waals surface area (Å²) >= 11 is 6.34. The van der Waals surface area contributed by atoms with Crippen molar-refractivity contribution in [2.45, 2.75) is 110 Å². The molecule has 37 heavy (non-hydrogen) atoms. The van der Waals surface area contributed by atoms with Gasteiger partial charge in [0.1, 0.15) is 17.5 Å². The lowest BCUT2D eigenvalue weighted by atomic mass is 9.98. The molecule has 11 heteroatoms. The molecule has 0 unspecified atom stereocenters. The van der Waals surface area contributed by atoms with E-state index in [9.17, 15) is 9.59 Å². The monoisotopic (exact) mass is 556 g/mol. The number of rotatable bonds is 9. The molecule has 2 heterocycles. The van der Waals surface area contributed by atoms with Crippen molar-refractivity contribution in [3.8, 4) is 0 Å². The number of amides is 1. The topological polar surface area (TPSA) is 103 Å². The molecule has 0 spiro atoms. The normalized spacial score (nSPS) is 18.9. The first kappa shape index (κ1) is 31.3. The molecule has 0 aliphatic carbocycles. The number of piperidine rings is 1. The van der Waals surface area contributed by atoms with Gasteiger partial charge in [0.15, 0.2) is 13.5 Å². The van der Waals surface area contributed by atoms with E-state index in [2.05, 4.69) is 49.4 Å². The zero-order valence-electron chi connectivity index (χ0n) is 23.9. The Bertz CT molecular complexity index is 933. The van der Waals surface area contributed by atoms with Crippen LogP contribution in [0.15, 0.2) is 6.07 Å². The Hall–Kier alpha value is -1.91. The van der Waals surface area contributed by atoms with Gasteiger partial charge in [-0.3, -0.25) is 4.90 Å². The molecule has 1 saturated heterocycles. The van der Waals surface area contributed by atoms with Crippen molar-refractivity contribution >= 4 is 37.8 Å². The molecule has 1 aliphatic heterocycles. The number of halogens is 1. The van der Waals surface area contributed by atoms with Crippen molar-refractivity contribution in [2.24, 2.45) is 0 Å². The van der Waals surface area contributed by atoms with Crippen LogP contribution in [0.25, 0.3) is 0 Å². The number of hydrogen-bond acceptors (Lipinski definition) is 8. The van der Waals surface area contributed by atoms with Crippen molar-refractivity contribution in [2.75, 3.05) is 25.1 Å². The largest absolute Gasteiger partial charge is 0.464 e. The summed E-state index contributed by atoms with van der Waals surface area (Å²) in [5, 5.41) is 12.2. The third-order valence-electron chi connectivity index (χ3n) is 6.80. The number of aromatic nitrogens is 2. The number of esters is 1. The van der Waals surface area contributed by atoms with E-state index in [1.165, 1.54) is 4.90 Å². The summed E-state index contributed by atoms with van der Waals surface area (Å²) in [4.78, 5) is 26.9. The van der Waals surface area contributed by atoms with Crippen LogP contribution < -0.4 is 5.32 Å². The Morgan fingerprint density at radius 3 is 2.43 bits per heavy atom. The molecule has 0 saturated carbocycles. The Labute approximate surface area is 228 Å². The SMILES string of the molecule is CCOC(=O)[C@H]1CC[C@H](Nc2cc(CCCO[Si](C)(C)C(C)(C)C)c(Cl)nn2)CN1C(=O)OC(C)(C)C. The minimum atomic E-state index is -1.80. The molecule has 2 atom stereocenters. The zero-order chi connectivity index (χ0) is 28.0. The molecule has 2 rings (SSSR count). The first-order valence-corrected chi connectivity index (χ1v) is 16.4. The summed E-state index contributed by atoms with van der Waals surface area (Å²) < 4.78 is 17.1. The van der Waals surface area contributed by atoms with Crippen LogP contribution in [-0.2, 0) is 25.1 Å². The number of aryl methyl sites for hydroxylation is 1. The number of likely N-dealkylation sites (tertiary alicyclic amines) is 1. The maximum absolute atomic E-state index is 12.9. The van der Waals surface area contributed by atoms with Gasteiger partial charge in [0.05, 0.1) is 6.61 Å². The fraction of sp³-hybridized carbons (Fsp3) is 0.769. The Kier molecular flexibility index (Phi) is 10.8. The van der Waals surface area contributed by atoms with Crippen LogP contribution in [0, 0.1) is 0 Å². The predicted octanol–water partition coefficient (Wildman–Crippen LogP) is 5.83. The van der Waals surface area contributed by atoms with Crippen LogP contribution in [0.3, 0.4) is 0 Å². The fourth-order valence-electron chi connectivity index (χ4n) is 3.77. The molecule has 0 aromatic carbocycles. The van der Waals surface area contributed by atoms with E-state index in [1.54, 1.807) is 27.7 Å². The van der Waals surface area contributed by atoms with Crippen LogP contribution in [-0.4, -0.2) is 72.9 Å². The Morgan fingerprint density at radius 2 is 1.84 bits per heavy atom. The molecule has 1 fully saturated rings. The highest BCUT2D eigenvalue weighted by Gasteiger charge is 2.39. The van der Waals surface area contributed by atoms with Gasteiger partial charge in [-0.05, 0) is 83.1 Å². The molecule has 0 radical (unpaired) electrons. The minimum absolute atomic E-state index is 0.136. The average molecular weight is 557 g/mol. The lowest BCUT2D eigenvalue weighted by Gasteiger charge is -2.39. The molecule has 0 bridgehead atoms. The van der Waals surface area contributed by atoms with Crippen molar-refractivity contribution in [1.82, 2.24) is 15.1 Å². The Morgan fingerprint density at radius 1 is 1.16 bits per heavy atom. The highest BCUT2D eigenvalue weighted by Crippen LogP contribution is 2.36. The maximum atomic E-state index is 12.9. The lowest BCUT2D eigenvalue weighted by molar-refractivity contribution is -0.150. The number of carbonyl (C=O) groups is 2. The van der Waals surface area contributed by atoms with Gasteiger partial charge in [0.2, 0.25) is 0 Å². The first-order chi connectivity index (χ1) is 17.0. The summed E-state index contributed by atoms with van der Waals surface area (Å²) in [5.74, 6) is 0.161. The maximum Gasteiger partial charge on any atom is 0.411 e. The van der Waals surface area contributed by atoms with E-state index in [1.807, 2.05) is 6.07 Å². The third-order valence-corrected chi connectivity index (χ3v) is 11.7. The summed E-state index contributed by atoms with van der Waals surface area (Å²) in [6.45, 7) is 19.5. The lowest BCUT2D eigenvalue weighted by Crippen LogP contribution is -2.55. The van der Waals surface area contributed by atoms with E-state index in [0.29, 0.717) is 30.4 Å². The van der Waals surface area contributed by atoms with Gasteiger partial charge in [-0.1, -0.05) is 32.4 Å². The van der Waals surface area contributed by atoms with Gasteiger partial charge >= 0.3 is 12.1 Å². The summed E-state index contributed by atoms with van der Waals surface area (Å²) in [6, 6.07) is 1.08. The first-order valence-electron chi connectivity index (χ1n) is 13.1. The van der Waals surface area contributed by atoms with Crippen LogP contribution >= 0.6 is 11.6 Å². The molecule has 1 amide bonds. The second-order valence-corrected chi connectivity index (χ2v) is 17.2. The van der Waals surface area contributed by atoms with Crippen molar-refractivity contribution in [3.63, 3.8) is 0 Å². The van der Waals surface area contributed by atoms with Gasteiger partial charge < -0.3 is 19.2 Å². The fourth-order valence-corrected chi connectivity index (χ4v) is 5.05. The summed E-state index contributed by atoms with van der Waals surface area (Å²) in [7, 11) is -1.80. The van der Waals surface area contributed by atoms with Crippen molar-refractivity contribution in [1.29, 1.82) is 0 Å². The molecule has 1 N–H and O–H groups in total. The second-order valence-electron chi connectivity index (χ2n) is 12.1. The second kappa shape index (κ2) is 12.8. The number of anilines is 1. The van der Waals surface area contributed by atoms with Crippen LogP contribution in [0.1, 0.15) is 73.3 Å². The van der Waals surface area contributed by atoms with Crippen LogP contribution in [0.2, 0.25) is 23.3 Å². The van der Waals surface area contributed by atoms with Crippen molar-refractivity contribution in [3.05, 3.63) is 16.8 Å². The molecule has 1 aliphatic rings. The van der Waals surface area contributed by atoms with Gasteiger partial charge in [-0.2, -0.15) is 0 Å². The van der Waals surface area contributed by atoms with Crippen LogP contribution in [0.4, 0.5) is 10.6 Å². The molecule has 210 valence electrons. The highest BCUT2D eigenvalue weighted by atomic mass is 35.5. The van der Waals surface area contributed by atoms with E-state index >= 15 is 0 Å². The Balaban J connectivity index is 2.05. The zero-order valence-corrected chi connectivity index (χ0v) is 25.7. The summed E-state index contributed by atoms with van der Waals surface area (Å²) in [6.07, 6.45) is 2.12. The quantitative estimate of drug-likeness (QED) is 0.230. The van der Waals surface area contributed by atoms with Gasteiger partial charge in [0, 0.05) is 19.2 Å². The number of carbonyl (C=O) groups excluding carboxylic acids is 2. The van der Waals surface area contributed by atoms with Gasteiger partial charge in [-0.25, -0.2) is 9.59 Å². The van der Waals surface area contributed by atoms with Crippen LogP contribution in [0.5, 0.6) is 0 Å². The van der Waals surface area contributed by atoms with Gasteiger partial charge in [0.25, 0.3) is 0 Å². The molecular weight excluding hydrogens is 512 g/mol.